The van der Waals surface area contributed by atoms with Crippen LogP contribution in [0.4, 0.5) is 0 Å². The zero-order chi connectivity index (χ0) is 12.5. The number of hydrogen-bond acceptors (Lipinski definition) is 1. The minimum atomic E-state index is 0.243. The molecule has 0 radical (unpaired) electrons. The highest BCUT2D eigenvalue weighted by Crippen LogP contribution is 2.29. The predicted octanol–water partition coefficient (Wildman–Crippen LogP) is 3.18. The molecule has 1 aromatic heterocycles. The molecule has 0 saturated heterocycles. The van der Waals surface area contributed by atoms with Gasteiger partial charge in [-0.3, -0.25) is 0 Å². The molecular weight excluding hydrogens is 220 g/mol. The molecule has 1 atom stereocenters. The second kappa shape index (κ2) is 4.62. The first-order valence-corrected chi connectivity index (χ1v) is 6.73. The van der Waals surface area contributed by atoms with Crippen LogP contribution in [-0.2, 0) is 13.0 Å². The quantitative estimate of drug-likeness (QED) is 0.858. The van der Waals surface area contributed by atoms with Gasteiger partial charge in [0.15, 0.2) is 0 Å². The lowest BCUT2D eigenvalue weighted by molar-refractivity contribution is 0.548. The van der Waals surface area contributed by atoms with E-state index >= 15 is 0 Å². The summed E-state index contributed by atoms with van der Waals surface area (Å²) in [6, 6.07) is 11.2. The highest BCUT2D eigenvalue weighted by atomic mass is 15.0. The van der Waals surface area contributed by atoms with Gasteiger partial charge in [0.25, 0.3) is 0 Å². The van der Waals surface area contributed by atoms with Gasteiger partial charge in [0.2, 0.25) is 0 Å². The molecule has 18 heavy (non-hydrogen) atoms. The molecular formula is C16H20N2. The highest BCUT2D eigenvalue weighted by Gasteiger charge is 2.19. The largest absolute Gasteiger partial charge is 0.347 e. The van der Waals surface area contributed by atoms with Gasteiger partial charge in [0.05, 0.1) is 0 Å². The van der Waals surface area contributed by atoms with Crippen molar-refractivity contribution in [1.82, 2.24) is 4.57 Å². The summed E-state index contributed by atoms with van der Waals surface area (Å²) in [6.07, 6.45) is 5.70. The normalized spacial score (nSPS) is 18.7. The number of nitrogens with two attached hydrogens (primary N) is 1. The van der Waals surface area contributed by atoms with Crippen LogP contribution in [0.2, 0.25) is 0 Å². The number of aryl methyl sites for hydroxylation is 1. The molecule has 2 nitrogen and oxygen atoms in total. The SMILES string of the molecule is Cc1cccc(Cn2ccc3c2CCCC3N)c1. The number of hydrogen-bond donors (Lipinski definition) is 1. The Labute approximate surface area is 108 Å². The van der Waals surface area contributed by atoms with Crippen molar-refractivity contribution in [1.29, 1.82) is 0 Å². The zero-order valence-corrected chi connectivity index (χ0v) is 10.9. The Bertz CT molecular complexity index is 554. The Morgan fingerprint density at radius 3 is 3.06 bits per heavy atom. The van der Waals surface area contributed by atoms with Gasteiger partial charge in [0, 0.05) is 24.5 Å². The van der Waals surface area contributed by atoms with Crippen LogP contribution in [0.5, 0.6) is 0 Å². The maximum atomic E-state index is 6.16. The third-order valence-corrected chi connectivity index (χ3v) is 3.88. The van der Waals surface area contributed by atoms with Crippen molar-refractivity contribution >= 4 is 0 Å². The molecule has 94 valence electrons. The monoisotopic (exact) mass is 240 g/mol. The fraction of sp³-hybridized carbons (Fsp3) is 0.375. The van der Waals surface area contributed by atoms with Crippen LogP contribution in [0.25, 0.3) is 0 Å². The second-order valence-corrected chi connectivity index (χ2v) is 5.33. The molecule has 2 N–H and O–H groups in total. The number of rotatable bonds is 2. The van der Waals surface area contributed by atoms with Crippen LogP contribution in [0.3, 0.4) is 0 Å². The first-order valence-electron chi connectivity index (χ1n) is 6.73. The van der Waals surface area contributed by atoms with Crippen molar-refractivity contribution in [2.45, 2.75) is 38.8 Å². The van der Waals surface area contributed by atoms with Crippen LogP contribution < -0.4 is 5.73 Å². The van der Waals surface area contributed by atoms with Gasteiger partial charge >= 0.3 is 0 Å². The number of benzene rings is 1. The van der Waals surface area contributed by atoms with E-state index in [1.807, 2.05) is 0 Å². The number of fused-ring (bicyclic) bond motifs is 1. The van der Waals surface area contributed by atoms with E-state index in [9.17, 15) is 0 Å². The lowest BCUT2D eigenvalue weighted by Crippen LogP contribution is -2.18. The van der Waals surface area contributed by atoms with E-state index in [4.69, 9.17) is 5.73 Å². The smallest absolute Gasteiger partial charge is 0.0473 e. The predicted molar refractivity (Wildman–Crippen MR) is 74.6 cm³/mol. The Morgan fingerprint density at radius 1 is 1.33 bits per heavy atom. The molecule has 1 aliphatic rings. The molecule has 3 rings (SSSR count). The summed E-state index contributed by atoms with van der Waals surface area (Å²) < 4.78 is 2.36. The van der Waals surface area contributed by atoms with Crippen molar-refractivity contribution in [3.05, 3.63) is 58.9 Å². The molecule has 1 aromatic carbocycles. The van der Waals surface area contributed by atoms with E-state index in [1.54, 1.807) is 0 Å². The Morgan fingerprint density at radius 2 is 2.22 bits per heavy atom. The van der Waals surface area contributed by atoms with Gasteiger partial charge in [-0.1, -0.05) is 29.8 Å². The average molecular weight is 240 g/mol. The fourth-order valence-corrected chi connectivity index (χ4v) is 2.95. The number of aromatic nitrogens is 1. The van der Waals surface area contributed by atoms with Gasteiger partial charge in [-0.05, 0) is 43.4 Å². The third-order valence-electron chi connectivity index (χ3n) is 3.88. The molecule has 2 aromatic rings. The van der Waals surface area contributed by atoms with Crippen molar-refractivity contribution < 1.29 is 0 Å². The van der Waals surface area contributed by atoms with E-state index in [0.29, 0.717) is 0 Å². The van der Waals surface area contributed by atoms with E-state index in [-0.39, 0.29) is 6.04 Å². The summed E-state index contributed by atoms with van der Waals surface area (Å²) in [5.41, 5.74) is 11.7. The summed E-state index contributed by atoms with van der Waals surface area (Å²) in [5.74, 6) is 0. The maximum Gasteiger partial charge on any atom is 0.0473 e. The molecule has 0 amide bonds. The summed E-state index contributed by atoms with van der Waals surface area (Å²) in [6.45, 7) is 3.11. The van der Waals surface area contributed by atoms with Crippen LogP contribution in [0, 0.1) is 6.92 Å². The third kappa shape index (κ3) is 2.08. The standard InChI is InChI=1S/C16H20N2/c1-12-4-2-5-13(10-12)11-18-9-8-14-15(17)6-3-7-16(14)18/h2,4-5,8-10,15H,3,6-7,11,17H2,1H3. The average Bonchev–Trinajstić information content (AvgIpc) is 2.74. The van der Waals surface area contributed by atoms with Gasteiger partial charge in [-0.2, -0.15) is 0 Å². The van der Waals surface area contributed by atoms with Gasteiger partial charge in [-0.25, -0.2) is 0 Å². The van der Waals surface area contributed by atoms with Crippen molar-refractivity contribution in [2.24, 2.45) is 5.73 Å². The molecule has 2 heteroatoms. The first-order chi connectivity index (χ1) is 8.74. The lowest BCUT2D eigenvalue weighted by Gasteiger charge is -2.21. The molecule has 1 heterocycles. The summed E-state index contributed by atoms with van der Waals surface area (Å²) in [7, 11) is 0. The minimum Gasteiger partial charge on any atom is -0.347 e. The molecule has 1 aliphatic carbocycles. The van der Waals surface area contributed by atoms with Crippen LogP contribution in [0.1, 0.15) is 41.3 Å². The Hall–Kier alpha value is -1.54. The molecule has 0 bridgehead atoms. The second-order valence-electron chi connectivity index (χ2n) is 5.33. The molecule has 0 fully saturated rings. The van der Waals surface area contributed by atoms with Crippen LogP contribution >= 0.6 is 0 Å². The summed E-state index contributed by atoms with van der Waals surface area (Å²) >= 11 is 0. The van der Waals surface area contributed by atoms with Crippen molar-refractivity contribution in [3.63, 3.8) is 0 Å². The van der Waals surface area contributed by atoms with Crippen molar-refractivity contribution in [3.8, 4) is 0 Å². The van der Waals surface area contributed by atoms with E-state index in [1.165, 1.54) is 35.2 Å². The van der Waals surface area contributed by atoms with Crippen LogP contribution in [0.15, 0.2) is 36.5 Å². The minimum absolute atomic E-state index is 0.243. The van der Waals surface area contributed by atoms with Gasteiger partial charge in [-0.15, -0.1) is 0 Å². The highest BCUT2D eigenvalue weighted by molar-refractivity contribution is 5.30. The molecule has 1 unspecified atom stereocenters. The Kier molecular flexibility index (Phi) is 2.96. The lowest BCUT2D eigenvalue weighted by atomic mass is 9.93. The van der Waals surface area contributed by atoms with Crippen LogP contribution in [-0.4, -0.2) is 4.57 Å². The zero-order valence-electron chi connectivity index (χ0n) is 10.9. The summed E-state index contributed by atoms with van der Waals surface area (Å²) in [5, 5.41) is 0. The van der Waals surface area contributed by atoms with E-state index in [2.05, 4.69) is 48.0 Å². The topological polar surface area (TPSA) is 30.9 Å². The van der Waals surface area contributed by atoms with E-state index in [0.717, 1.165) is 13.0 Å². The first kappa shape index (κ1) is 11.5. The number of nitrogens with zero attached hydrogens (tertiary/aromatic N) is 1. The van der Waals surface area contributed by atoms with Gasteiger partial charge < -0.3 is 10.3 Å². The maximum absolute atomic E-state index is 6.16. The molecule has 0 saturated carbocycles. The Balaban J connectivity index is 1.90. The van der Waals surface area contributed by atoms with Gasteiger partial charge in [0.1, 0.15) is 0 Å². The summed E-state index contributed by atoms with van der Waals surface area (Å²) in [4.78, 5) is 0. The fourth-order valence-electron chi connectivity index (χ4n) is 2.95. The van der Waals surface area contributed by atoms with E-state index < -0.39 is 0 Å². The molecule has 0 spiro atoms. The molecule has 0 aliphatic heterocycles. The van der Waals surface area contributed by atoms with Crippen molar-refractivity contribution in [2.75, 3.05) is 0 Å².